The van der Waals surface area contributed by atoms with Crippen molar-refractivity contribution in [2.24, 2.45) is 5.73 Å². The summed E-state index contributed by atoms with van der Waals surface area (Å²) >= 11 is 0. The monoisotopic (exact) mass is 329 g/mol. The minimum Gasteiger partial charge on any atom is -0.378 e. The first-order chi connectivity index (χ1) is 11.8. The molecule has 1 aliphatic rings. The number of benzene rings is 1. The summed E-state index contributed by atoms with van der Waals surface area (Å²) in [5.74, 6) is 0.528. The zero-order valence-corrected chi connectivity index (χ0v) is 13.7. The molecule has 1 saturated heterocycles. The molecule has 1 aliphatic heterocycles. The first kappa shape index (κ1) is 16.7. The molecule has 24 heavy (non-hydrogen) atoms. The number of carbonyl (C=O) groups is 1. The molecule has 1 fully saturated rings. The van der Waals surface area contributed by atoms with E-state index >= 15 is 0 Å². The molecule has 2 aromatic rings. The molecule has 0 spiro atoms. The number of nitrogens with two attached hydrogens (primary N) is 1. The lowest BCUT2D eigenvalue weighted by atomic mass is 10.1. The molecule has 0 unspecified atom stereocenters. The molecule has 1 aromatic heterocycles. The molecule has 1 aromatic carbocycles. The van der Waals surface area contributed by atoms with Crippen LogP contribution >= 0.6 is 0 Å². The predicted octanol–water partition coefficient (Wildman–Crippen LogP) is 2.31. The smallest absolute Gasteiger partial charge is 0.276 e. The molecular formula is C18H23N3O3. The second-order valence-corrected chi connectivity index (χ2v) is 5.95. The normalized spacial score (nSPS) is 15.6. The number of nitrogens with zero attached hydrogens (tertiary/aromatic N) is 2. The summed E-state index contributed by atoms with van der Waals surface area (Å²) in [6, 6.07) is 11.4. The maximum absolute atomic E-state index is 12.6. The van der Waals surface area contributed by atoms with Gasteiger partial charge in [-0.25, -0.2) is 0 Å². The Bertz CT molecular complexity index is 649. The number of piperidine rings is 1. The highest BCUT2D eigenvalue weighted by atomic mass is 16.5. The van der Waals surface area contributed by atoms with E-state index < -0.39 is 0 Å². The Hall–Kier alpha value is -2.18. The van der Waals surface area contributed by atoms with Gasteiger partial charge in [0, 0.05) is 31.3 Å². The molecule has 0 saturated carbocycles. The maximum atomic E-state index is 12.6. The van der Waals surface area contributed by atoms with Gasteiger partial charge >= 0.3 is 0 Å². The van der Waals surface area contributed by atoms with Crippen LogP contribution in [-0.2, 0) is 4.74 Å². The lowest BCUT2D eigenvalue weighted by Crippen LogP contribution is -2.41. The number of hydrogen-bond acceptors (Lipinski definition) is 5. The zero-order valence-electron chi connectivity index (χ0n) is 13.7. The van der Waals surface area contributed by atoms with Gasteiger partial charge in [0.05, 0.1) is 6.10 Å². The van der Waals surface area contributed by atoms with E-state index in [1.165, 1.54) is 0 Å². The molecule has 2 N–H and O–H groups in total. The van der Waals surface area contributed by atoms with Crippen LogP contribution in [0.2, 0.25) is 0 Å². The van der Waals surface area contributed by atoms with Crippen LogP contribution in [0.5, 0.6) is 0 Å². The molecule has 6 nitrogen and oxygen atoms in total. The highest BCUT2D eigenvalue weighted by molar-refractivity contribution is 5.93. The van der Waals surface area contributed by atoms with E-state index in [4.69, 9.17) is 15.0 Å². The minimum absolute atomic E-state index is 0.0821. The Kier molecular flexibility index (Phi) is 5.61. The van der Waals surface area contributed by atoms with Gasteiger partial charge in [0.1, 0.15) is 0 Å². The van der Waals surface area contributed by atoms with Crippen molar-refractivity contribution in [1.29, 1.82) is 0 Å². The fourth-order valence-electron chi connectivity index (χ4n) is 2.84. The summed E-state index contributed by atoms with van der Waals surface area (Å²) in [6.45, 7) is 2.70. The first-order valence-electron chi connectivity index (χ1n) is 8.41. The standard InChI is InChI=1S/C18H23N3O3/c19-9-4-12-23-15-7-10-21(11-8-15)18(22)16-13-17(24-20-16)14-5-2-1-3-6-14/h1-3,5-6,13,15H,4,7-12,19H2. The molecule has 2 heterocycles. The largest absolute Gasteiger partial charge is 0.378 e. The average molecular weight is 329 g/mol. The number of aromatic nitrogens is 1. The van der Waals surface area contributed by atoms with Crippen molar-refractivity contribution >= 4 is 5.91 Å². The topological polar surface area (TPSA) is 81.6 Å². The van der Waals surface area contributed by atoms with E-state index in [1.807, 2.05) is 35.2 Å². The van der Waals surface area contributed by atoms with Crippen LogP contribution in [0, 0.1) is 0 Å². The van der Waals surface area contributed by atoms with Gasteiger partial charge in [0.2, 0.25) is 0 Å². The van der Waals surface area contributed by atoms with Crippen molar-refractivity contribution in [3.63, 3.8) is 0 Å². The third-order valence-electron chi connectivity index (χ3n) is 4.22. The van der Waals surface area contributed by atoms with Crippen molar-refractivity contribution < 1.29 is 14.1 Å². The average Bonchev–Trinajstić information content (AvgIpc) is 3.13. The van der Waals surface area contributed by atoms with E-state index in [2.05, 4.69) is 5.16 Å². The van der Waals surface area contributed by atoms with Crippen LogP contribution in [0.15, 0.2) is 40.9 Å². The Morgan fingerprint density at radius 1 is 1.29 bits per heavy atom. The van der Waals surface area contributed by atoms with Gasteiger partial charge in [-0.3, -0.25) is 4.79 Å². The zero-order chi connectivity index (χ0) is 16.8. The second kappa shape index (κ2) is 8.08. The van der Waals surface area contributed by atoms with Crippen LogP contribution < -0.4 is 5.73 Å². The summed E-state index contributed by atoms with van der Waals surface area (Å²) < 4.78 is 11.1. The molecule has 0 radical (unpaired) electrons. The summed E-state index contributed by atoms with van der Waals surface area (Å²) in [5.41, 5.74) is 6.74. The van der Waals surface area contributed by atoms with E-state index in [-0.39, 0.29) is 12.0 Å². The highest BCUT2D eigenvalue weighted by Gasteiger charge is 2.26. The van der Waals surface area contributed by atoms with Gasteiger partial charge in [-0.1, -0.05) is 35.5 Å². The second-order valence-electron chi connectivity index (χ2n) is 5.95. The fraction of sp³-hybridized carbons (Fsp3) is 0.444. The lowest BCUT2D eigenvalue weighted by Gasteiger charge is -2.31. The molecule has 1 amide bonds. The summed E-state index contributed by atoms with van der Waals surface area (Å²) in [7, 11) is 0. The van der Waals surface area contributed by atoms with Crippen LogP contribution in [0.1, 0.15) is 29.8 Å². The predicted molar refractivity (Wildman–Crippen MR) is 90.5 cm³/mol. The number of amides is 1. The molecular weight excluding hydrogens is 306 g/mol. The van der Waals surface area contributed by atoms with E-state index in [0.29, 0.717) is 37.7 Å². The van der Waals surface area contributed by atoms with Crippen LogP contribution in [0.25, 0.3) is 11.3 Å². The van der Waals surface area contributed by atoms with Crippen molar-refractivity contribution in [1.82, 2.24) is 10.1 Å². The summed E-state index contributed by atoms with van der Waals surface area (Å²) in [4.78, 5) is 14.4. The van der Waals surface area contributed by atoms with Gasteiger partial charge in [0.15, 0.2) is 11.5 Å². The Balaban J connectivity index is 1.55. The molecule has 3 rings (SSSR count). The minimum atomic E-state index is -0.0821. The van der Waals surface area contributed by atoms with Crippen molar-refractivity contribution in [2.45, 2.75) is 25.4 Å². The van der Waals surface area contributed by atoms with Gasteiger partial charge in [0.25, 0.3) is 5.91 Å². The van der Waals surface area contributed by atoms with Crippen LogP contribution in [0.3, 0.4) is 0 Å². The molecule has 0 bridgehead atoms. The Morgan fingerprint density at radius 3 is 2.75 bits per heavy atom. The van der Waals surface area contributed by atoms with Gasteiger partial charge in [-0.15, -0.1) is 0 Å². The molecule has 0 aliphatic carbocycles. The van der Waals surface area contributed by atoms with E-state index in [0.717, 1.165) is 24.8 Å². The highest BCUT2D eigenvalue weighted by Crippen LogP contribution is 2.22. The Morgan fingerprint density at radius 2 is 2.04 bits per heavy atom. The first-order valence-corrected chi connectivity index (χ1v) is 8.41. The van der Waals surface area contributed by atoms with Gasteiger partial charge < -0.3 is 19.9 Å². The Labute approximate surface area is 141 Å². The number of rotatable bonds is 6. The number of ether oxygens (including phenoxy) is 1. The van der Waals surface area contributed by atoms with Gasteiger partial charge in [-0.05, 0) is 25.8 Å². The lowest BCUT2D eigenvalue weighted by molar-refractivity contribution is 0.00820. The quantitative estimate of drug-likeness (QED) is 0.823. The van der Waals surface area contributed by atoms with E-state index in [9.17, 15) is 4.79 Å². The summed E-state index contributed by atoms with van der Waals surface area (Å²) in [6.07, 6.45) is 2.79. The summed E-state index contributed by atoms with van der Waals surface area (Å²) in [5, 5.41) is 3.94. The third kappa shape index (κ3) is 4.01. The van der Waals surface area contributed by atoms with Crippen LogP contribution in [0.4, 0.5) is 0 Å². The van der Waals surface area contributed by atoms with Crippen molar-refractivity contribution in [3.8, 4) is 11.3 Å². The van der Waals surface area contributed by atoms with Crippen LogP contribution in [-0.4, -0.2) is 48.3 Å². The number of likely N-dealkylation sites (tertiary alicyclic amines) is 1. The van der Waals surface area contributed by atoms with Gasteiger partial charge in [-0.2, -0.15) is 0 Å². The number of hydrogen-bond donors (Lipinski definition) is 1. The fourth-order valence-corrected chi connectivity index (χ4v) is 2.84. The van der Waals surface area contributed by atoms with E-state index in [1.54, 1.807) is 6.07 Å². The molecule has 6 heteroatoms. The third-order valence-corrected chi connectivity index (χ3v) is 4.22. The molecule has 128 valence electrons. The van der Waals surface area contributed by atoms with Crippen molar-refractivity contribution in [3.05, 3.63) is 42.1 Å². The number of carbonyl (C=O) groups excluding carboxylic acids is 1. The maximum Gasteiger partial charge on any atom is 0.276 e. The molecule has 0 atom stereocenters. The van der Waals surface area contributed by atoms with Crippen molar-refractivity contribution in [2.75, 3.05) is 26.2 Å². The SMILES string of the molecule is NCCCOC1CCN(C(=O)c2cc(-c3ccccc3)on2)CC1.